The zero-order chi connectivity index (χ0) is 26.2. The molecule has 0 saturated carbocycles. The number of carbonyl (C=O) groups excluding carboxylic acids is 1. The van der Waals surface area contributed by atoms with E-state index in [2.05, 4.69) is 26.6 Å². The number of para-hydroxylation sites is 1. The molecule has 5 aromatic rings. The van der Waals surface area contributed by atoms with E-state index in [1.165, 1.54) is 10.9 Å². The number of carbonyl (C=O) groups is 1. The van der Waals surface area contributed by atoms with Crippen molar-refractivity contribution in [1.29, 1.82) is 0 Å². The Bertz CT molecular complexity index is 1750. The van der Waals surface area contributed by atoms with Gasteiger partial charge in [0.1, 0.15) is 0 Å². The fourth-order valence-corrected chi connectivity index (χ4v) is 5.99. The maximum Gasteiger partial charge on any atom is 0.268 e. The summed E-state index contributed by atoms with van der Waals surface area (Å²) in [5.74, 6) is -0.222. The highest BCUT2D eigenvalue weighted by Crippen LogP contribution is 2.37. The molecular weight excluding hydrogens is 552 g/mol. The number of nitrogens with two attached hydrogens (primary N) is 1. The van der Waals surface area contributed by atoms with Crippen LogP contribution in [0, 0.1) is 0 Å². The lowest BCUT2D eigenvalue weighted by Crippen LogP contribution is -2.11. The third kappa shape index (κ3) is 4.96. The number of amides is 1. The topological polar surface area (TPSA) is 106 Å². The van der Waals surface area contributed by atoms with Gasteiger partial charge in [-0.15, -0.1) is 0 Å². The Morgan fingerprint density at radius 3 is 2.32 bits per heavy atom. The molecule has 1 heterocycles. The van der Waals surface area contributed by atoms with Crippen LogP contribution in [0.2, 0.25) is 0 Å². The molecule has 0 spiro atoms. The normalized spacial score (nSPS) is 11.4. The van der Waals surface area contributed by atoms with Crippen LogP contribution < -0.4 is 16.4 Å². The molecule has 0 aliphatic carbocycles. The molecule has 0 radical (unpaired) electrons. The lowest BCUT2D eigenvalue weighted by Gasteiger charge is -2.14. The van der Waals surface area contributed by atoms with Crippen LogP contribution >= 0.6 is 15.9 Å². The molecule has 0 unspecified atom stereocenters. The van der Waals surface area contributed by atoms with E-state index in [1.54, 1.807) is 60.8 Å². The van der Waals surface area contributed by atoms with E-state index in [0.717, 1.165) is 15.4 Å². The lowest BCUT2D eigenvalue weighted by atomic mass is 10.0. The summed E-state index contributed by atoms with van der Waals surface area (Å²) < 4.78 is 29.3. The van der Waals surface area contributed by atoms with Gasteiger partial charge in [-0.2, -0.15) is 0 Å². The summed E-state index contributed by atoms with van der Waals surface area (Å²) in [6, 6.07) is 26.7. The summed E-state index contributed by atoms with van der Waals surface area (Å²) in [7, 11) is -3.84. The van der Waals surface area contributed by atoms with Gasteiger partial charge < -0.3 is 16.4 Å². The van der Waals surface area contributed by atoms with Gasteiger partial charge >= 0.3 is 0 Å². The van der Waals surface area contributed by atoms with Crippen molar-refractivity contribution in [1.82, 2.24) is 3.97 Å². The van der Waals surface area contributed by atoms with Gasteiger partial charge in [0.05, 0.1) is 21.8 Å². The second-order valence-corrected chi connectivity index (χ2v) is 11.2. The predicted molar refractivity (Wildman–Crippen MR) is 153 cm³/mol. The van der Waals surface area contributed by atoms with Crippen molar-refractivity contribution >= 4 is 65.5 Å². The van der Waals surface area contributed by atoms with Crippen LogP contribution in [-0.2, 0) is 14.8 Å². The number of nitrogen functional groups attached to an aromatic ring is 1. The Balaban J connectivity index is 1.68. The van der Waals surface area contributed by atoms with E-state index in [9.17, 15) is 13.2 Å². The summed E-state index contributed by atoms with van der Waals surface area (Å²) in [6.45, 7) is 1.44. The molecule has 0 saturated heterocycles. The molecule has 37 heavy (non-hydrogen) atoms. The van der Waals surface area contributed by atoms with Crippen molar-refractivity contribution in [2.45, 2.75) is 11.8 Å². The molecule has 1 amide bonds. The van der Waals surface area contributed by atoms with Gasteiger partial charge in [-0.1, -0.05) is 52.3 Å². The second-order valence-electron chi connectivity index (χ2n) is 8.51. The van der Waals surface area contributed by atoms with E-state index in [1.807, 2.05) is 36.4 Å². The number of anilines is 4. The Morgan fingerprint density at radius 1 is 0.892 bits per heavy atom. The predicted octanol–water partition coefficient (Wildman–Crippen LogP) is 6.59. The van der Waals surface area contributed by atoms with E-state index < -0.39 is 10.0 Å². The molecule has 5 rings (SSSR count). The van der Waals surface area contributed by atoms with Gasteiger partial charge in [0.25, 0.3) is 10.0 Å². The third-order valence-corrected chi connectivity index (χ3v) is 8.02. The number of rotatable bonds is 6. The molecule has 4 aromatic carbocycles. The Hall–Kier alpha value is -4.08. The van der Waals surface area contributed by atoms with Crippen molar-refractivity contribution in [3.8, 4) is 11.1 Å². The highest BCUT2D eigenvalue weighted by molar-refractivity contribution is 9.10. The lowest BCUT2D eigenvalue weighted by molar-refractivity contribution is -0.114. The van der Waals surface area contributed by atoms with Crippen molar-refractivity contribution in [2.75, 3.05) is 16.4 Å². The van der Waals surface area contributed by atoms with E-state index in [0.29, 0.717) is 33.8 Å². The minimum Gasteiger partial charge on any atom is -0.397 e. The molecule has 7 nitrogen and oxygen atoms in total. The van der Waals surface area contributed by atoms with Gasteiger partial charge in [0, 0.05) is 39.9 Å². The molecule has 1 aromatic heterocycles. The van der Waals surface area contributed by atoms with Gasteiger partial charge in [0.15, 0.2) is 0 Å². The van der Waals surface area contributed by atoms with Crippen LogP contribution in [0.25, 0.3) is 22.0 Å². The standard InChI is InChI=1S/C28H23BrN4O3S/c1-18(34)31-21-13-19(14-22(16-21)32-27-12-11-20(29)15-26(27)30)25-17-33(28-10-6-5-9-24(25)28)37(35,36)23-7-3-2-4-8-23/h2-17,32H,30H2,1H3,(H,31,34). The Morgan fingerprint density at radius 2 is 1.59 bits per heavy atom. The first-order valence-electron chi connectivity index (χ1n) is 11.4. The Kier molecular flexibility index (Phi) is 6.49. The largest absolute Gasteiger partial charge is 0.397 e. The molecule has 0 aliphatic heterocycles. The third-order valence-electron chi connectivity index (χ3n) is 5.84. The molecule has 0 bridgehead atoms. The van der Waals surface area contributed by atoms with Gasteiger partial charge in [0.2, 0.25) is 5.91 Å². The first-order valence-corrected chi connectivity index (χ1v) is 13.6. The average molecular weight is 575 g/mol. The number of aromatic nitrogens is 1. The second kappa shape index (κ2) is 9.76. The number of hydrogen-bond acceptors (Lipinski definition) is 5. The van der Waals surface area contributed by atoms with Crippen LogP contribution in [0.5, 0.6) is 0 Å². The van der Waals surface area contributed by atoms with Crippen molar-refractivity contribution in [3.05, 3.63) is 102 Å². The molecule has 186 valence electrons. The summed E-state index contributed by atoms with van der Waals surface area (Å²) >= 11 is 3.41. The van der Waals surface area contributed by atoms with E-state index >= 15 is 0 Å². The van der Waals surface area contributed by atoms with Crippen molar-refractivity contribution in [3.63, 3.8) is 0 Å². The molecule has 0 aliphatic rings. The minimum atomic E-state index is -3.84. The number of halogens is 1. The maximum atomic E-state index is 13.6. The molecular formula is C28H23BrN4O3S. The van der Waals surface area contributed by atoms with Gasteiger partial charge in [-0.05, 0) is 60.2 Å². The zero-order valence-electron chi connectivity index (χ0n) is 19.8. The van der Waals surface area contributed by atoms with E-state index in [-0.39, 0.29) is 10.8 Å². The van der Waals surface area contributed by atoms with Crippen LogP contribution in [0.4, 0.5) is 22.7 Å². The summed E-state index contributed by atoms with van der Waals surface area (Å²) in [6.07, 6.45) is 1.62. The molecule has 4 N–H and O–H groups in total. The fourth-order valence-electron chi connectivity index (χ4n) is 4.22. The smallest absolute Gasteiger partial charge is 0.268 e. The average Bonchev–Trinajstić information content (AvgIpc) is 3.26. The summed E-state index contributed by atoms with van der Waals surface area (Å²) in [5, 5.41) is 6.91. The van der Waals surface area contributed by atoms with Crippen molar-refractivity contribution < 1.29 is 13.2 Å². The molecule has 9 heteroatoms. The van der Waals surface area contributed by atoms with Crippen LogP contribution in [-0.4, -0.2) is 18.3 Å². The highest BCUT2D eigenvalue weighted by atomic mass is 79.9. The highest BCUT2D eigenvalue weighted by Gasteiger charge is 2.22. The monoisotopic (exact) mass is 574 g/mol. The van der Waals surface area contributed by atoms with Crippen molar-refractivity contribution in [2.24, 2.45) is 0 Å². The van der Waals surface area contributed by atoms with Crippen LogP contribution in [0.1, 0.15) is 6.92 Å². The van der Waals surface area contributed by atoms with E-state index in [4.69, 9.17) is 5.73 Å². The Labute approximate surface area is 223 Å². The summed E-state index contributed by atoms with van der Waals surface area (Å²) in [4.78, 5) is 12.1. The number of benzene rings is 4. The number of nitrogens with zero attached hydrogens (tertiary/aromatic N) is 1. The van der Waals surface area contributed by atoms with Crippen LogP contribution in [0.15, 0.2) is 107 Å². The van der Waals surface area contributed by atoms with Gasteiger partial charge in [-0.25, -0.2) is 12.4 Å². The van der Waals surface area contributed by atoms with Crippen LogP contribution in [0.3, 0.4) is 0 Å². The maximum absolute atomic E-state index is 13.6. The zero-order valence-corrected chi connectivity index (χ0v) is 22.2. The molecule has 0 fully saturated rings. The summed E-state index contributed by atoms with van der Waals surface area (Å²) in [5.41, 5.74) is 10.7. The quantitative estimate of drug-likeness (QED) is 0.198. The number of hydrogen-bond donors (Lipinski definition) is 3. The molecule has 0 atom stereocenters. The fraction of sp³-hybridized carbons (Fsp3) is 0.0357. The number of nitrogens with one attached hydrogen (secondary N) is 2. The first-order chi connectivity index (χ1) is 17.7. The SMILES string of the molecule is CC(=O)Nc1cc(Nc2ccc(Br)cc2N)cc(-c2cn(S(=O)(=O)c3ccccc3)c3ccccc23)c1. The first kappa shape index (κ1) is 24.6. The van der Waals surface area contributed by atoms with Gasteiger partial charge in [-0.3, -0.25) is 4.79 Å². The number of fused-ring (bicyclic) bond motifs is 1. The minimum absolute atomic E-state index is 0.197.